The van der Waals surface area contributed by atoms with E-state index in [4.69, 9.17) is 9.84 Å². The average molecular weight is 361 g/mol. The van der Waals surface area contributed by atoms with E-state index in [2.05, 4.69) is 27.9 Å². The minimum atomic E-state index is -0.907. The average Bonchev–Trinajstić information content (AvgIpc) is 3.12. The molecule has 0 heterocycles. The van der Waals surface area contributed by atoms with Gasteiger partial charge in [0.2, 0.25) is 5.91 Å². The van der Waals surface area contributed by atoms with Crippen LogP contribution in [-0.4, -0.2) is 24.1 Å². The molecule has 2 unspecified atom stereocenters. The van der Waals surface area contributed by atoms with E-state index >= 15 is 0 Å². The third kappa shape index (κ3) is 2.74. The molecule has 2 rings (SSSR count). The fraction of sp³-hybridized carbons (Fsp3) is 0.333. The molecule has 5 nitrogen and oxygen atoms in total. The van der Waals surface area contributed by atoms with E-state index in [1.807, 2.05) is 6.07 Å². The number of hydrogen-bond acceptors (Lipinski definition) is 3. The molecule has 0 bridgehead atoms. The molecule has 2 N–H and O–H groups in total. The number of nitrogens with one attached hydrogen (secondary N) is 1. The predicted molar refractivity (Wildman–Crippen MR) is 73.6 cm³/mol. The van der Waals surface area contributed by atoms with E-state index in [-0.39, 0.29) is 5.91 Å². The number of carbonyl (C=O) groups excluding carboxylic acids is 1. The molecule has 6 heteroatoms. The lowest BCUT2D eigenvalue weighted by Gasteiger charge is -2.08. The van der Waals surface area contributed by atoms with Crippen LogP contribution in [0.5, 0.6) is 5.75 Å². The minimum Gasteiger partial charge on any atom is -0.497 e. The van der Waals surface area contributed by atoms with Gasteiger partial charge >= 0.3 is 5.97 Å². The smallest absolute Gasteiger partial charge is 0.307 e. The number of anilines is 1. The van der Waals surface area contributed by atoms with Gasteiger partial charge in [-0.1, -0.05) is 0 Å². The molecule has 18 heavy (non-hydrogen) atoms. The summed E-state index contributed by atoms with van der Waals surface area (Å²) in [5.74, 6) is -1.45. The Bertz CT molecular complexity index is 503. The number of carboxylic acid groups (broad SMARTS) is 1. The normalized spacial score (nSPS) is 21.2. The van der Waals surface area contributed by atoms with E-state index in [0.717, 1.165) is 3.57 Å². The Balaban J connectivity index is 2.06. The van der Waals surface area contributed by atoms with Crippen molar-refractivity contribution in [1.29, 1.82) is 0 Å². The number of benzene rings is 1. The predicted octanol–water partition coefficient (Wildman–Crippen LogP) is 1.96. The van der Waals surface area contributed by atoms with E-state index in [9.17, 15) is 9.59 Å². The number of hydrogen-bond donors (Lipinski definition) is 2. The fourth-order valence-electron chi connectivity index (χ4n) is 1.71. The molecule has 1 aliphatic rings. The van der Waals surface area contributed by atoms with Gasteiger partial charge in [0.1, 0.15) is 5.75 Å². The molecule has 0 saturated heterocycles. The number of rotatable bonds is 4. The zero-order valence-corrected chi connectivity index (χ0v) is 11.8. The summed E-state index contributed by atoms with van der Waals surface area (Å²) in [6, 6.07) is 5.35. The lowest BCUT2D eigenvalue weighted by atomic mass is 10.2. The molecule has 0 aliphatic heterocycles. The summed E-state index contributed by atoms with van der Waals surface area (Å²) < 4.78 is 5.96. The van der Waals surface area contributed by atoms with Gasteiger partial charge in [-0.05, 0) is 41.1 Å². The van der Waals surface area contributed by atoms with Gasteiger partial charge in [-0.15, -0.1) is 0 Å². The summed E-state index contributed by atoms with van der Waals surface area (Å²) in [6.45, 7) is 0. The molecule has 1 aromatic rings. The van der Waals surface area contributed by atoms with Crippen LogP contribution in [-0.2, 0) is 9.59 Å². The molecule has 96 valence electrons. The maximum atomic E-state index is 11.8. The van der Waals surface area contributed by atoms with Gasteiger partial charge in [0.05, 0.1) is 24.6 Å². The Labute approximate surface area is 118 Å². The quantitative estimate of drug-likeness (QED) is 0.804. The summed E-state index contributed by atoms with van der Waals surface area (Å²) in [7, 11) is 1.55. The van der Waals surface area contributed by atoms with Gasteiger partial charge in [0.15, 0.2) is 0 Å². The summed E-state index contributed by atoms with van der Waals surface area (Å²) >= 11 is 2.10. The number of carboxylic acids is 1. The van der Waals surface area contributed by atoms with E-state index in [1.54, 1.807) is 19.2 Å². The Kier molecular flexibility index (Phi) is 3.74. The van der Waals surface area contributed by atoms with Crippen molar-refractivity contribution in [2.24, 2.45) is 11.8 Å². The van der Waals surface area contributed by atoms with Crippen LogP contribution in [0.1, 0.15) is 6.42 Å². The molecular formula is C12H12INO4. The molecule has 1 amide bonds. The van der Waals surface area contributed by atoms with Crippen molar-refractivity contribution < 1.29 is 19.4 Å². The number of amides is 1. The van der Waals surface area contributed by atoms with Crippen molar-refractivity contribution >= 4 is 40.2 Å². The van der Waals surface area contributed by atoms with Gasteiger partial charge in [0.25, 0.3) is 0 Å². The molecule has 1 aromatic carbocycles. The second-order valence-corrected chi connectivity index (χ2v) is 5.28. The highest BCUT2D eigenvalue weighted by Crippen LogP contribution is 2.39. The Morgan fingerprint density at radius 3 is 2.72 bits per heavy atom. The van der Waals surface area contributed by atoms with Gasteiger partial charge in [-0.2, -0.15) is 0 Å². The topological polar surface area (TPSA) is 75.6 Å². The molecule has 2 atom stereocenters. The number of carbonyl (C=O) groups is 2. The van der Waals surface area contributed by atoms with Gasteiger partial charge < -0.3 is 15.2 Å². The lowest BCUT2D eigenvalue weighted by Crippen LogP contribution is -2.17. The summed E-state index contributed by atoms with van der Waals surface area (Å²) in [6.07, 6.45) is 0.418. The zero-order valence-electron chi connectivity index (χ0n) is 9.64. The first-order valence-electron chi connectivity index (χ1n) is 5.40. The van der Waals surface area contributed by atoms with E-state index in [1.165, 1.54) is 0 Å². The van der Waals surface area contributed by atoms with E-state index < -0.39 is 17.8 Å². The number of aliphatic carboxylic acids is 1. The van der Waals surface area contributed by atoms with Crippen molar-refractivity contribution in [3.63, 3.8) is 0 Å². The highest BCUT2D eigenvalue weighted by atomic mass is 127. The summed E-state index contributed by atoms with van der Waals surface area (Å²) in [5.41, 5.74) is 0.649. The van der Waals surface area contributed by atoms with Crippen LogP contribution in [0.2, 0.25) is 0 Å². The van der Waals surface area contributed by atoms with Crippen molar-refractivity contribution in [2.45, 2.75) is 6.42 Å². The van der Waals surface area contributed by atoms with Crippen LogP contribution >= 0.6 is 22.6 Å². The van der Waals surface area contributed by atoms with Crippen molar-refractivity contribution in [1.82, 2.24) is 0 Å². The van der Waals surface area contributed by atoms with Crippen molar-refractivity contribution in [3.8, 4) is 5.75 Å². The third-order valence-corrected chi connectivity index (χ3v) is 3.82. The number of ether oxygens (including phenoxy) is 1. The highest BCUT2D eigenvalue weighted by Gasteiger charge is 2.48. The van der Waals surface area contributed by atoms with Crippen molar-refractivity contribution in [3.05, 3.63) is 21.8 Å². The standard InChI is InChI=1S/C12H12INO4/c1-18-6-2-3-9(13)10(4-6)14-11(15)7-5-8(7)12(16)17/h2-4,7-8H,5H2,1H3,(H,14,15)(H,16,17). The maximum Gasteiger partial charge on any atom is 0.307 e. The number of methoxy groups -OCH3 is 1. The van der Waals surface area contributed by atoms with Gasteiger partial charge in [0, 0.05) is 9.64 Å². The Morgan fingerprint density at radius 1 is 1.44 bits per heavy atom. The molecule has 1 saturated carbocycles. The minimum absolute atomic E-state index is 0.242. The van der Waals surface area contributed by atoms with Crippen LogP contribution < -0.4 is 10.1 Å². The largest absolute Gasteiger partial charge is 0.497 e. The lowest BCUT2D eigenvalue weighted by molar-refractivity contribution is -0.139. The zero-order chi connectivity index (χ0) is 13.3. The molecular weight excluding hydrogens is 349 g/mol. The van der Waals surface area contributed by atoms with E-state index in [0.29, 0.717) is 17.9 Å². The van der Waals surface area contributed by atoms with Crippen LogP contribution in [0.25, 0.3) is 0 Å². The van der Waals surface area contributed by atoms with Crippen LogP contribution in [0.3, 0.4) is 0 Å². The molecule has 0 spiro atoms. The van der Waals surface area contributed by atoms with Crippen LogP contribution in [0, 0.1) is 15.4 Å². The molecule has 1 fully saturated rings. The SMILES string of the molecule is COc1ccc(I)c(NC(=O)C2CC2C(=O)O)c1. The Morgan fingerprint density at radius 2 is 2.17 bits per heavy atom. The highest BCUT2D eigenvalue weighted by molar-refractivity contribution is 14.1. The first-order chi connectivity index (χ1) is 8.52. The fourth-order valence-corrected chi connectivity index (χ4v) is 2.18. The molecule has 0 radical (unpaired) electrons. The molecule has 1 aliphatic carbocycles. The maximum absolute atomic E-state index is 11.8. The van der Waals surface area contributed by atoms with Gasteiger partial charge in [-0.25, -0.2) is 0 Å². The summed E-state index contributed by atoms with van der Waals surface area (Å²) in [4.78, 5) is 22.5. The van der Waals surface area contributed by atoms with Crippen LogP contribution in [0.15, 0.2) is 18.2 Å². The Hall–Kier alpha value is -1.31. The summed E-state index contributed by atoms with van der Waals surface area (Å²) in [5, 5.41) is 11.5. The monoisotopic (exact) mass is 361 g/mol. The first kappa shape index (κ1) is 13.1. The third-order valence-electron chi connectivity index (χ3n) is 2.88. The number of halogens is 1. The van der Waals surface area contributed by atoms with Gasteiger partial charge in [-0.3, -0.25) is 9.59 Å². The second kappa shape index (κ2) is 5.13. The van der Waals surface area contributed by atoms with Crippen LogP contribution in [0.4, 0.5) is 5.69 Å². The molecule has 0 aromatic heterocycles. The second-order valence-electron chi connectivity index (χ2n) is 4.12. The first-order valence-corrected chi connectivity index (χ1v) is 6.48. The van der Waals surface area contributed by atoms with Crippen molar-refractivity contribution in [2.75, 3.05) is 12.4 Å².